The molecule has 1 saturated carbocycles. The number of rotatable bonds is 4. The maximum Gasteiger partial charge on any atom is 0.226 e. The molecule has 0 aliphatic heterocycles. The van der Waals surface area contributed by atoms with Gasteiger partial charge in [-0.3, -0.25) is 9.69 Å². The average molecular weight is 313 g/mol. The van der Waals surface area contributed by atoms with Gasteiger partial charge in [-0.25, -0.2) is 0 Å². The Balaban J connectivity index is 1.75. The smallest absolute Gasteiger partial charge is 0.226 e. The SMILES string of the molecule is Cc1ccc([C@H]2CCC[C@H]2N(C)Cc2cc(=O)c(O)co2)cc1. The Labute approximate surface area is 136 Å². The van der Waals surface area contributed by atoms with Crippen molar-refractivity contribution >= 4 is 0 Å². The van der Waals surface area contributed by atoms with Crippen molar-refractivity contribution in [2.45, 2.75) is 44.7 Å². The second-order valence-electron chi connectivity index (χ2n) is 6.53. The third kappa shape index (κ3) is 3.48. The van der Waals surface area contributed by atoms with Gasteiger partial charge in [0.1, 0.15) is 12.0 Å². The Bertz CT molecular complexity index is 720. The second-order valence-corrected chi connectivity index (χ2v) is 6.53. The average Bonchev–Trinajstić information content (AvgIpc) is 3.01. The molecule has 0 radical (unpaired) electrons. The Morgan fingerprint density at radius 1 is 1.26 bits per heavy atom. The van der Waals surface area contributed by atoms with Gasteiger partial charge in [0.05, 0.1) is 6.54 Å². The van der Waals surface area contributed by atoms with Gasteiger partial charge in [0.25, 0.3) is 0 Å². The minimum atomic E-state index is -0.388. The molecule has 4 nitrogen and oxygen atoms in total. The Morgan fingerprint density at radius 3 is 2.70 bits per heavy atom. The molecular weight excluding hydrogens is 290 g/mol. The van der Waals surface area contributed by atoms with E-state index in [-0.39, 0.29) is 11.2 Å². The summed E-state index contributed by atoms with van der Waals surface area (Å²) in [5.74, 6) is 0.768. The number of nitrogens with zero attached hydrogens (tertiary/aromatic N) is 1. The summed E-state index contributed by atoms with van der Waals surface area (Å²) in [7, 11) is 2.07. The molecule has 0 spiro atoms. The van der Waals surface area contributed by atoms with E-state index in [9.17, 15) is 9.90 Å². The van der Waals surface area contributed by atoms with Crippen LogP contribution in [0.4, 0.5) is 0 Å². The van der Waals surface area contributed by atoms with Crippen LogP contribution in [0, 0.1) is 6.92 Å². The van der Waals surface area contributed by atoms with Crippen molar-refractivity contribution in [1.29, 1.82) is 0 Å². The summed E-state index contributed by atoms with van der Waals surface area (Å²) in [6.07, 6.45) is 4.68. The van der Waals surface area contributed by atoms with E-state index in [4.69, 9.17) is 4.42 Å². The van der Waals surface area contributed by atoms with Crippen LogP contribution in [-0.4, -0.2) is 23.1 Å². The van der Waals surface area contributed by atoms with Crippen LogP contribution >= 0.6 is 0 Å². The zero-order valence-corrected chi connectivity index (χ0v) is 13.7. The molecule has 4 heteroatoms. The fourth-order valence-corrected chi connectivity index (χ4v) is 3.56. The molecule has 2 aromatic rings. The molecule has 0 amide bonds. The summed E-state index contributed by atoms with van der Waals surface area (Å²) in [6, 6.07) is 10.6. The highest BCUT2D eigenvalue weighted by molar-refractivity contribution is 5.27. The molecule has 1 aliphatic carbocycles. The number of likely N-dealkylation sites (N-methyl/N-ethyl adjacent to an activating group) is 1. The van der Waals surface area contributed by atoms with E-state index in [0.29, 0.717) is 24.3 Å². The third-order valence-corrected chi connectivity index (χ3v) is 4.82. The van der Waals surface area contributed by atoms with E-state index in [1.807, 2.05) is 0 Å². The Morgan fingerprint density at radius 2 is 2.00 bits per heavy atom. The molecule has 2 atom stereocenters. The van der Waals surface area contributed by atoms with Crippen LogP contribution in [0.25, 0.3) is 0 Å². The van der Waals surface area contributed by atoms with Crippen LogP contribution in [0.1, 0.15) is 42.1 Å². The minimum Gasteiger partial charge on any atom is -0.502 e. The van der Waals surface area contributed by atoms with E-state index < -0.39 is 0 Å². The monoisotopic (exact) mass is 313 g/mol. The van der Waals surface area contributed by atoms with Crippen LogP contribution in [0.2, 0.25) is 0 Å². The summed E-state index contributed by atoms with van der Waals surface area (Å²) in [6.45, 7) is 2.68. The van der Waals surface area contributed by atoms with Crippen molar-refractivity contribution in [3.63, 3.8) is 0 Å². The molecule has 122 valence electrons. The largest absolute Gasteiger partial charge is 0.502 e. The van der Waals surface area contributed by atoms with E-state index >= 15 is 0 Å². The van der Waals surface area contributed by atoms with Crippen molar-refractivity contribution in [2.24, 2.45) is 0 Å². The predicted octanol–water partition coefficient (Wildman–Crippen LogP) is 3.42. The minimum absolute atomic E-state index is 0.338. The fraction of sp³-hybridized carbons (Fsp3) is 0.421. The van der Waals surface area contributed by atoms with Gasteiger partial charge in [-0.15, -0.1) is 0 Å². The van der Waals surface area contributed by atoms with Gasteiger partial charge in [-0.2, -0.15) is 0 Å². The molecule has 23 heavy (non-hydrogen) atoms. The first-order valence-corrected chi connectivity index (χ1v) is 8.12. The van der Waals surface area contributed by atoms with Crippen molar-refractivity contribution < 1.29 is 9.52 Å². The summed E-state index contributed by atoms with van der Waals surface area (Å²) >= 11 is 0. The first kappa shape index (κ1) is 15.8. The normalized spacial score (nSPS) is 21.0. The molecule has 1 aromatic heterocycles. The van der Waals surface area contributed by atoms with Gasteiger partial charge in [0.2, 0.25) is 5.43 Å². The van der Waals surface area contributed by atoms with E-state index in [0.717, 1.165) is 12.7 Å². The lowest BCUT2D eigenvalue weighted by Crippen LogP contribution is -2.33. The second kappa shape index (κ2) is 6.59. The van der Waals surface area contributed by atoms with Crippen molar-refractivity contribution in [3.8, 4) is 5.75 Å². The Kier molecular flexibility index (Phi) is 4.53. The number of aryl methyl sites for hydroxylation is 1. The topological polar surface area (TPSA) is 53.7 Å². The van der Waals surface area contributed by atoms with Gasteiger partial charge in [0.15, 0.2) is 5.75 Å². The summed E-state index contributed by atoms with van der Waals surface area (Å²) < 4.78 is 5.33. The summed E-state index contributed by atoms with van der Waals surface area (Å²) in [5, 5.41) is 9.28. The molecule has 1 aromatic carbocycles. The molecular formula is C19H23NO3. The lowest BCUT2D eigenvalue weighted by Gasteiger charge is -2.29. The fourth-order valence-electron chi connectivity index (χ4n) is 3.56. The third-order valence-electron chi connectivity index (χ3n) is 4.82. The van der Waals surface area contributed by atoms with Gasteiger partial charge in [0, 0.05) is 12.1 Å². The van der Waals surface area contributed by atoms with Crippen LogP contribution < -0.4 is 5.43 Å². The lowest BCUT2D eigenvalue weighted by molar-refractivity contribution is 0.201. The lowest BCUT2D eigenvalue weighted by atomic mass is 9.92. The Hall–Kier alpha value is -2.07. The molecule has 0 unspecified atom stereocenters. The molecule has 1 aliphatic rings. The van der Waals surface area contributed by atoms with Gasteiger partial charge >= 0.3 is 0 Å². The highest BCUT2D eigenvalue weighted by Crippen LogP contribution is 2.37. The van der Waals surface area contributed by atoms with Crippen molar-refractivity contribution in [1.82, 2.24) is 4.90 Å². The zero-order valence-electron chi connectivity index (χ0n) is 13.7. The quantitative estimate of drug-likeness (QED) is 0.939. The summed E-state index contributed by atoms with van der Waals surface area (Å²) in [5.41, 5.74) is 2.28. The van der Waals surface area contributed by atoms with Crippen molar-refractivity contribution in [2.75, 3.05) is 7.05 Å². The number of hydrogen-bond donors (Lipinski definition) is 1. The van der Waals surface area contributed by atoms with Crippen molar-refractivity contribution in [3.05, 3.63) is 63.7 Å². The molecule has 0 bridgehead atoms. The maximum atomic E-state index is 11.5. The first-order chi connectivity index (χ1) is 11.0. The molecule has 1 N–H and O–H groups in total. The molecule has 1 heterocycles. The van der Waals surface area contributed by atoms with E-state index in [2.05, 4.69) is 43.1 Å². The van der Waals surface area contributed by atoms with Crippen LogP contribution in [0.3, 0.4) is 0 Å². The molecule has 0 saturated heterocycles. The zero-order chi connectivity index (χ0) is 16.4. The summed E-state index contributed by atoms with van der Waals surface area (Å²) in [4.78, 5) is 13.8. The van der Waals surface area contributed by atoms with Crippen LogP contribution in [-0.2, 0) is 6.54 Å². The van der Waals surface area contributed by atoms with Crippen LogP contribution in [0.5, 0.6) is 5.75 Å². The number of aromatic hydroxyl groups is 1. The number of benzene rings is 1. The van der Waals surface area contributed by atoms with E-state index in [1.54, 1.807) is 0 Å². The number of hydrogen-bond acceptors (Lipinski definition) is 4. The highest BCUT2D eigenvalue weighted by atomic mass is 16.4. The first-order valence-electron chi connectivity index (χ1n) is 8.12. The van der Waals surface area contributed by atoms with Gasteiger partial charge in [-0.1, -0.05) is 36.2 Å². The van der Waals surface area contributed by atoms with Crippen LogP contribution in [0.15, 0.2) is 45.8 Å². The highest BCUT2D eigenvalue weighted by Gasteiger charge is 2.31. The van der Waals surface area contributed by atoms with Gasteiger partial charge < -0.3 is 9.52 Å². The predicted molar refractivity (Wildman–Crippen MR) is 89.7 cm³/mol. The van der Waals surface area contributed by atoms with E-state index in [1.165, 1.54) is 30.0 Å². The molecule has 1 fully saturated rings. The standard InChI is InChI=1S/C19H23NO3/c1-13-6-8-14(9-7-13)16-4-3-5-17(16)20(2)11-15-10-18(21)19(22)12-23-15/h6-10,12,16-17,22H,3-5,11H2,1-2H3/t16-,17-/m1/s1. The molecule has 3 rings (SSSR count). The maximum absolute atomic E-state index is 11.5. The van der Waals surface area contributed by atoms with Gasteiger partial charge in [-0.05, 0) is 38.3 Å².